The summed E-state index contributed by atoms with van der Waals surface area (Å²) in [5.41, 5.74) is 3.77. The largest absolute Gasteiger partial charge is 0.490 e. The summed E-state index contributed by atoms with van der Waals surface area (Å²) in [6.07, 6.45) is 1.43. The molecule has 0 atom stereocenters. The number of amides is 2. The number of hydrogen-bond acceptors (Lipinski definition) is 5. The first-order chi connectivity index (χ1) is 17.7. The molecule has 0 aliphatic carbocycles. The molecule has 0 aromatic heterocycles. The van der Waals surface area contributed by atoms with E-state index in [1.807, 2.05) is 45.0 Å². The summed E-state index contributed by atoms with van der Waals surface area (Å²) < 4.78 is 12.0. The fraction of sp³-hybridized carbons (Fsp3) is 0.179. The molecule has 0 saturated carbocycles. The number of anilines is 2. The first-order valence-corrected chi connectivity index (χ1v) is 12.5. The Bertz CT molecular complexity index is 1400. The minimum absolute atomic E-state index is 0.115. The van der Waals surface area contributed by atoms with Gasteiger partial charge in [-0.2, -0.15) is 5.26 Å². The van der Waals surface area contributed by atoms with E-state index in [1.54, 1.807) is 36.4 Å². The molecule has 0 radical (unpaired) electrons. The van der Waals surface area contributed by atoms with Crippen LogP contribution in [0.25, 0.3) is 6.08 Å². The van der Waals surface area contributed by atoms with E-state index in [9.17, 15) is 14.9 Å². The monoisotopic (exact) mass is 581 g/mol. The van der Waals surface area contributed by atoms with Gasteiger partial charge in [0, 0.05) is 16.4 Å². The summed E-state index contributed by atoms with van der Waals surface area (Å²) in [4.78, 5) is 25.1. The van der Waals surface area contributed by atoms with Crippen LogP contribution in [0.4, 0.5) is 11.4 Å². The summed E-state index contributed by atoms with van der Waals surface area (Å²) in [5.74, 6) is -0.223. The Hall–Kier alpha value is -3.80. The van der Waals surface area contributed by atoms with Crippen molar-refractivity contribution in [2.45, 2.75) is 20.8 Å². The molecule has 3 aromatic carbocycles. The number of rotatable bonds is 9. The number of nitrogens with one attached hydrogen (secondary N) is 2. The van der Waals surface area contributed by atoms with Gasteiger partial charge in [0.25, 0.3) is 11.8 Å². The van der Waals surface area contributed by atoms with Crippen LogP contribution in [0.1, 0.15) is 23.6 Å². The minimum Gasteiger partial charge on any atom is -0.490 e. The zero-order valence-electron chi connectivity index (χ0n) is 20.5. The summed E-state index contributed by atoms with van der Waals surface area (Å²) in [6, 6.07) is 17.5. The Labute approximate surface area is 229 Å². The standard InChI is InChI=1S/C28H25BrClN3O4/c1-4-36-25-13-19(11-20(15-31)28(35)33-22-7-5-6-21(30)14-22)12-24(29)27(25)37-16-26(34)32-23-9-8-17(2)18(3)10-23/h5-14H,4,16H2,1-3H3,(H,32,34)(H,33,35)/b20-11-. The number of carbonyl (C=O) groups is 2. The predicted molar refractivity (Wildman–Crippen MR) is 149 cm³/mol. The molecule has 7 nitrogen and oxygen atoms in total. The molecule has 0 saturated heterocycles. The molecule has 3 aromatic rings. The molecule has 0 aliphatic rings. The third-order valence-corrected chi connectivity index (χ3v) is 6.05. The van der Waals surface area contributed by atoms with Crippen molar-refractivity contribution in [2.24, 2.45) is 0 Å². The summed E-state index contributed by atoms with van der Waals surface area (Å²) in [5, 5.41) is 15.5. The van der Waals surface area contributed by atoms with E-state index >= 15 is 0 Å². The molecular weight excluding hydrogens is 558 g/mol. The van der Waals surface area contributed by atoms with Crippen molar-refractivity contribution >= 4 is 56.8 Å². The summed E-state index contributed by atoms with van der Waals surface area (Å²) in [6.45, 7) is 5.88. The van der Waals surface area contributed by atoms with Gasteiger partial charge in [-0.15, -0.1) is 0 Å². The Morgan fingerprint density at radius 2 is 1.78 bits per heavy atom. The van der Waals surface area contributed by atoms with Crippen LogP contribution in [0.2, 0.25) is 5.02 Å². The number of halogens is 2. The number of aryl methyl sites for hydroxylation is 2. The SMILES string of the molecule is CCOc1cc(/C=C(/C#N)C(=O)Nc2cccc(Cl)c2)cc(Br)c1OCC(=O)Nc1ccc(C)c(C)c1. The highest BCUT2D eigenvalue weighted by atomic mass is 79.9. The second kappa shape index (κ2) is 12.9. The second-order valence-corrected chi connectivity index (χ2v) is 9.32. The van der Waals surface area contributed by atoms with Gasteiger partial charge in [0.15, 0.2) is 18.1 Å². The molecule has 0 unspecified atom stereocenters. The van der Waals surface area contributed by atoms with Crippen LogP contribution >= 0.6 is 27.5 Å². The molecule has 2 N–H and O–H groups in total. The van der Waals surface area contributed by atoms with Crippen molar-refractivity contribution in [1.82, 2.24) is 0 Å². The molecule has 2 amide bonds. The van der Waals surface area contributed by atoms with Crippen LogP contribution in [0, 0.1) is 25.2 Å². The molecule has 0 aliphatic heterocycles. The first kappa shape index (κ1) is 27.8. The molecule has 0 fully saturated rings. The summed E-state index contributed by atoms with van der Waals surface area (Å²) >= 11 is 9.41. The average molecular weight is 583 g/mol. The maximum atomic E-state index is 12.6. The lowest BCUT2D eigenvalue weighted by molar-refractivity contribution is -0.118. The van der Waals surface area contributed by atoms with Gasteiger partial charge in [-0.25, -0.2) is 0 Å². The van der Waals surface area contributed by atoms with E-state index in [0.29, 0.717) is 44.5 Å². The zero-order valence-corrected chi connectivity index (χ0v) is 22.9. The maximum absolute atomic E-state index is 12.6. The number of ether oxygens (including phenoxy) is 2. The van der Waals surface area contributed by atoms with Crippen LogP contribution in [0.3, 0.4) is 0 Å². The van der Waals surface area contributed by atoms with Gasteiger partial charge in [-0.1, -0.05) is 23.7 Å². The number of nitriles is 1. The van der Waals surface area contributed by atoms with Crippen LogP contribution < -0.4 is 20.1 Å². The van der Waals surface area contributed by atoms with Crippen LogP contribution in [-0.4, -0.2) is 25.0 Å². The minimum atomic E-state index is -0.581. The lowest BCUT2D eigenvalue weighted by Crippen LogP contribution is -2.20. The molecule has 190 valence electrons. The van der Waals surface area contributed by atoms with E-state index in [1.165, 1.54) is 6.08 Å². The third-order valence-electron chi connectivity index (χ3n) is 5.23. The lowest BCUT2D eigenvalue weighted by atomic mass is 10.1. The quantitative estimate of drug-likeness (QED) is 0.216. The van der Waals surface area contributed by atoms with E-state index in [2.05, 4.69) is 26.6 Å². The van der Waals surface area contributed by atoms with Gasteiger partial charge in [0.05, 0.1) is 11.1 Å². The molecule has 3 rings (SSSR count). The van der Waals surface area contributed by atoms with Gasteiger partial charge < -0.3 is 20.1 Å². The number of carbonyl (C=O) groups excluding carboxylic acids is 2. The van der Waals surface area contributed by atoms with Gasteiger partial charge in [0.2, 0.25) is 0 Å². The first-order valence-electron chi connectivity index (χ1n) is 11.3. The molecule has 0 spiro atoms. The highest BCUT2D eigenvalue weighted by Crippen LogP contribution is 2.37. The number of nitrogens with zero attached hydrogens (tertiary/aromatic N) is 1. The normalized spacial score (nSPS) is 10.9. The molecule has 0 bridgehead atoms. The van der Waals surface area contributed by atoms with Crippen LogP contribution in [-0.2, 0) is 9.59 Å². The second-order valence-electron chi connectivity index (χ2n) is 8.03. The van der Waals surface area contributed by atoms with Crippen molar-refractivity contribution in [3.05, 3.63) is 86.4 Å². The van der Waals surface area contributed by atoms with Crippen molar-refractivity contribution in [3.8, 4) is 17.6 Å². The van der Waals surface area contributed by atoms with Gasteiger partial charge >= 0.3 is 0 Å². The van der Waals surface area contributed by atoms with Crippen molar-refractivity contribution in [2.75, 3.05) is 23.8 Å². The van der Waals surface area contributed by atoms with Crippen molar-refractivity contribution in [3.63, 3.8) is 0 Å². The lowest BCUT2D eigenvalue weighted by Gasteiger charge is -2.15. The average Bonchev–Trinajstić information content (AvgIpc) is 2.84. The van der Waals surface area contributed by atoms with E-state index < -0.39 is 5.91 Å². The maximum Gasteiger partial charge on any atom is 0.266 e. The van der Waals surface area contributed by atoms with Crippen LogP contribution in [0.15, 0.2) is 64.6 Å². The van der Waals surface area contributed by atoms with E-state index in [0.717, 1.165) is 11.1 Å². The van der Waals surface area contributed by atoms with E-state index in [4.69, 9.17) is 21.1 Å². The number of hydrogen-bond donors (Lipinski definition) is 2. The van der Waals surface area contributed by atoms with Crippen molar-refractivity contribution in [1.29, 1.82) is 5.26 Å². The Balaban J connectivity index is 1.77. The highest BCUT2D eigenvalue weighted by molar-refractivity contribution is 9.10. The molecule has 9 heteroatoms. The fourth-order valence-electron chi connectivity index (χ4n) is 3.31. The Kier molecular flexibility index (Phi) is 9.72. The Morgan fingerprint density at radius 1 is 1.03 bits per heavy atom. The topological polar surface area (TPSA) is 100 Å². The van der Waals surface area contributed by atoms with E-state index in [-0.39, 0.29) is 18.1 Å². The molecule has 37 heavy (non-hydrogen) atoms. The van der Waals surface area contributed by atoms with Gasteiger partial charge in [-0.05, 0) is 102 Å². The van der Waals surface area contributed by atoms with Crippen LogP contribution in [0.5, 0.6) is 11.5 Å². The third kappa shape index (κ3) is 7.84. The highest BCUT2D eigenvalue weighted by Gasteiger charge is 2.16. The molecular formula is C28H25BrClN3O4. The fourth-order valence-corrected chi connectivity index (χ4v) is 4.07. The summed E-state index contributed by atoms with van der Waals surface area (Å²) in [7, 11) is 0. The zero-order chi connectivity index (χ0) is 26.9. The predicted octanol–water partition coefficient (Wildman–Crippen LogP) is 6.68. The van der Waals surface area contributed by atoms with Gasteiger partial charge in [0.1, 0.15) is 11.6 Å². The van der Waals surface area contributed by atoms with Crippen molar-refractivity contribution < 1.29 is 19.1 Å². The molecule has 0 heterocycles. The van der Waals surface area contributed by atoms with Gasteiger partial charge in [-0.3, -0.25) is 9.59 Å². The smallest absolute Gasteiger partial charge is 0.266 e. The Morgan fingerprint density at radius 3 is 2.46 bits per heavy atom. The number of benzene rings is 3.